The third-order valence-corrected chi connectivity index (χ3v) is 5.01. The second-order valence-corrected chi connectivity index (χ2v) is 7.29. The lowest BCUT2D eigenvalue weighted by Gasteiger charge is -2.19. The Labute approximate surface area is 177 Å². The number of para-hydroxylation sites is 1. The van der Waals surface area contributed by atoms with E-state index < -0.39 is 11.9 Å². The molecule has 2 aromatic carbocycles. The number of aromatic carboxylic acids is 1. The maximum Gasteiger partial charge on any atom is 0.337 e. The van der Waals surface area contributed by atoms with E-state index in [1.54, 1.807) is 24.3 Å². The Kier molecular flexibility index (Phi) is 5.25. The molecule has 156 valence electrons. The van der Waals surface area contributed by atoms with Crippen LogP contribution in [0.2, 0.25) is 0 Å². The molecule has 2 aromatic heterocycles. The number of benzene rings is 2. The highest BCUT2D eigenvalue weighted by Crippen LogP contribution is 2.31. The fourth-order valence-corrected chi connectivity index (χ4v) is 3.53. The van der Waals surface area contributed by atoms with Crippen molar-refractivity contribution in [2.45, 2.75) is 19.9 Å². The lowest BCUT2D eigenvalue weighted by molar-refractivity contribution is 0.0698. The summed E-state index contributed by atoms with van der Waals surface area (Å²) in [6.07, 6.45) is 1.30. The SMILES string of the molecule is Cc1cc(C(C)Nc2ccccc2C(=O)O)c2oc(-c3ccc(F)nc3)cc(=O)c2c1. The van der Waals surface area contributed by atoms with Gasteiger partial charge in [0.2, 0.25) is 5.95 Å². The third-order valence-electron chi connectivity index (χ3n) is 5.01. The number of carboxylic acids is 1. The van der Waals surface area contributed by atoms with E-state index in [1.807, 2.05) is 19.9 Å². The zero-order valence-corrected chi connectivity index (χ0v) is 16.8. The van der Waals surface area contributed by atoms with Crippen LogP contribution in [-0.4, -0.2) is 16.1 Å². The molecule has 7 heteroatoms. The second-order valence-electron chi connectivity index (χ2n) is 7.29. The summed E-state index contributed by atoms with van der Waals surface area (Å²) in [6, 6.07) is 13.9. The number of nitrogens with zero attached hydrogens (tertiary/aromatic N) is 1. The molecule has 0 spiro atoms. The highest BCUT2D eigenvalue weighted by Gasteiger charge is 2.18. The van der Waals surface area contributed by atoms with Gasteiger partial charge in [-0.1, -0.05) is 18.2 Å². The van der Waals surface area contributed by atoms with Crippen molar-refractivity contribution < 1.29 is 18.7 Å². The molecule has 2 N–H and O–H groups in total. The average molecular weight is 418 g/mol. The zero-order chi connectivity index (χ0) is 22.1. The number of carboxylic acid groups (broad SMARTS) is 1. The van der Waals surface area contributed by atoms with Crippen LogP contribution in [0.15, 0.2) is 70.0 Å². The molecule has 1 unspecified atom stereocenters. The van der Waals surface area contributed by atoms with Crippen molar-refractivity contribution in [3.63, 3.8) is 0 Å². The number of hydrogen-bond donors (Lipinski definition) is 2. The first-order chi connectivity index (χ1) is 14.8. The Morgan fingerprint density at radius 3 is 2.65 bits per heavy atom. The van der Waals surface area contributed by atoms with Gasteiger partial charge in [0.15, 0.2) is 5.43 Å². The van der Waals surface area contributed by atoms with Crippen molar-refractivity contribution in [2.75, 3.05) is 5.32 Å². The maximum absolute atomic E-state index is 13.2. The summed E-state index contributed by atoms with van der Waals surface area (Å²) in [5.41, 5.74) is 2.79. The molecule has 0 radical (unpaired) electrons. The smallest absolute Gasteiger partial charge is 0.337 e. The van der Waals surface area contributed by atoms with Crippen LogP contribution >= 0.6 is 0 Å². The largest absolute Gasteiger partial charge is 0.478 e. The summed E-state index contributed by atoms with van der Waals surface area (Å²) in [5, 5.41) is 13.1. The summed E-state index contributed by atoms with van der Waals surface area (Å²) in [5.74, 6) is -1.40. The summed E-state index contributed by atoms with van der Waals surface area (Å²) >= 11 is 0. The number of anilines is 1. The zero-order valence-electron chi connectivity index (χ0n) is 16.8. The van der Waals surface area contributed by atoms with E-state index >= 15 is 0 Å². The van der Waals surface area contributed by atoms with Crippen LogP contribution in [0.3, 0.4) is 0 Å². The lowest BCUT2D eigenvalue weighted by Crippen LogP contribution is -2.12. The minimum absolute atomic E-state index is 0.144. The van der Waals surface area contributed by atoms with E-state index in [0.717, 1.165) is 5.56 Å². The molecule has 0 fully saturated rings. The predicted molar refractivity (Wildman–Crippen MR) is 116 cm³/mol. The molecule has 1 atom stereocenters. The number of pyridine rings is 1. The van der Waals surface area contributed by atoms with E-state index in [9.17, 15) is 19.1 Å². The number of hydrogen-bond acceptors (Lipinski definition) is 5. The molecule has 0 saturated carbocycles. The van der Waals surface area contributed by atoms with Crippen molar-refractivity contribution in [2.24, 2.45) is 0 Å². The Balaban J connectivity index is 1.84. The first kappa shape index (κ1) is 20.3. The standard InChI is InChI=1S/C24H19FN2O4/c1-13-9-17(14(2)27-19-6-4-3-5-16(19)24(29)30)23-18(10-13)20(28)11-21(31-23)15-7-8-22(25)26-12-15/h3-12,14,27H,1-2H3,(H,29,30). The van der Waals surface area contributed by atoms with Crippen LogP contribution in [-0.2, 0) is 0 Å². The Bertz CT molecular complexity index is 1350. The molecule has 0 aliphatic heterocycles. The number of rotatable bonds is 5. The molecule has 2 heterocycles. The first-order valence-corrected chi connectivity index (χ1v) is 9.62. The Hall–Kier alpha value is -4.00. The minimum Gasteiger partial charge on any atom is -0.478 e. The van der Waals surface area contributed by atoms with Crippen molar-refractivity contribution in [3.05, 3.63) is 93.7 Å². The average Bonchev–Trinajstić information content (AvgIpc) is 2.74. The van der Waals surface area contributed by atoms with Gasteiger partial charge in [0.1, 0.15) is 11.3 Å². The number of aryl methyl sites for hydroxylation is 1. The summed E-state index contributed by atoms with van der Waals surface area (Å²) < 4.78 is 19.3. The third kappa shape index (κ3) is 4.02. The number of fused-ring (bicyclic) bond motifs is 1. The number of aromatic nitrogens is 1. The number of nitrogens with one attached hydrogen (secondary N) is 1. The van der Waals surface area contributed by atoms with Crippen LogP contribution in [0, 0.1) is 12.9 Å². The molecular formula is C24H19FN2O4. The molecule has 31 heavy (non-hydrogen) atoms. The number of halogens is 1. The lowest BCUT2D eigenvalue weighted by atomic mass is 10.00. The monoisotopic (exact) mass is 418 g/mol. The molecule has 4 rings (SSSR count). The van der Waals surface area contributed by atoms with Gasteiger partial charge in [-0.05, 0) is 49.7 Å². The summed E-state index contributed by atoms with van der Waals surface area (Å²) in [6.45, 7) is 3.73. The molecule has 0 aliphatic carbocycles. The highest BCUT2D eigenvalue weighted by molar-refractivity contribution is 5.94. The minimum atomic E-state index is -1.04. The van der Waals surface area contributed by atoms with Gasteiger partial charge in [-0.25, -0.2) is 9.78 Å². The van der Waals surface area contributed by atoms with Crippen molar-refractivity contribution in [1.29, 1.82) is 0 Å². The van der Waals surface area contributed by atoms with Gasteiger partial charge in [-0.15, -0.1) is 0 Å². The predicted octanol–water partition coefficient (Wildman–Crippen LogP) is 5.17. The van der Waals surface area contributed by atoms with Gasteiger partial charge in [0.05, 0.1) is 17.0 Å². The molecule has 0 amide bonds. The molecule has 0 bridgehead atoms. The Morgan fingerprint density at radius 2 is 1.94 bits per heavy atom. The van der Waals surface area contributed by atoms with Crippen molar-refractivity contribution in [3.8, 4) is 11.3 Å². The van der Waals surface area contributed by atoms with E-state index in [0.29, 0.717) is 27.8 Å². The summed E-state index contributed by atoms with van der Waals surface area (Å²) in [7, 11) is 0. The van der Waals surface area contributed by atoms with Crippen molar-refractivity contribution in [1.82, 2.24) is 4.98 Å². The van der Waals surface area contributed by atoms with Crippen LogP contribution < -0.4 is 10.7 Å². The van der Waals surface area contributed by atoms with E-state index in [1.165, 1.54) is 30.5 Å². The van der Waals surface area contributed by atoms with Gasteiger partial charge >= 0.3 is 5.97 Å². The first-order valence-electron chi connectivity index (χ1n) is 9.62. The van der Waals surface area contributed by atoms with Crippen LogP contribution in [0.25, 0.3) is 22.3 Å². The maximum atomic E-state index is 13.2. The fourth-order valence-electron chi connectivity index (χ4n) is 3.53. The molecular weight excluding hydrogens is 399 g/mol. The number of carbonyl (C=O) groups is 1. The quantitative estimate of drug-likeness (QED) is 0.434. The van der Waals surface area contributed by atoms with E-state index in [2.05, 4.69) is 10.3 Å². The van der Waals surface area contributed by atoms with Crippen LogP contribution in [0.4, 0.5) is 10.1 Å². The van der Waals surface area contributed by atoms with Crippen molar-refractivity contribution >= 4 is 22.6 Å². The topological polar surface area (TPSA) is 92.4 Å². The van der Waals surface area contributed by atoms with Gasteiger partial charge in [-0.3, -0.25) is 4.79 Å². The fraction of sp³-hybridized carbons (Fsp3) is 0.125. The Morgan fingerprint density at radius 1 is 1.16 bits per heavy atom. The normalized spacial score (nSPS) is 12.0. The van der Waals surface area contributed by atoms with Gasteiger partial charge in [0, 0.05) is 29.1 Å². The second kappa shape index (κ2) is 8.02. The highest BCUT2D eigenvalue weighted by atomic mass is 19.1. The molecule has 0 aliphatic rings. The van der Waals surface area contributed by atoms with E-state index in [-0.39, 0.29) is 22.8 Å². The van der Waals surface area contributed by atoms with E-state index in [4.69, 9.17) is 4.42 Å². The van der Waals surface area contributed by atoms with Gasteiger partial charge in [-0.2, -0.15) is 4.39 Å². The molecule has 6 nitrogen and oxygen atoms in total. The summed E-state index contributed by atoms with van der Waals surface area (Å²) in [4.78, 5) is 28.0. The molecule has 0 saturated heterocycles. The van der Waals surface area contributed by atoms with Crippen LogP contribution in [0.5, 0.6) is 0 Å². The van der Waals surface area contributed by atoms with Gasteiger partial charge in [0.25, 0.3) is 0 Å². The van der Waals surface area contributed by atoms with Gasteiger partial charge < -0.3 is 14.8 Å². The molecule has 4 aromatic rings. The van der Waals surface area contributed by atoms with Crippen LogP contribution in [0.1, 0.15) is 34.5 Å².